The Hall–Kier alpha value is -2.86. The van der Waals surface area contributed by atoms with E-state index in [2.05, 4.69) is 14.9 Å². The van der Waals surface area contributed by atoms with E-state index in [0.717, 1.165) is 48.2 Å². The molecule has 0 bridgehead atoms. The molecule has 0 aliphatic carbocycles. The molecule has 1 aromatic carbocycles. The van der Waals surface area contributed by atoms with Crippen LogP contribution in [-0.4, -0.2) is 36.3 Å². The van der Waals surface area contributed by atoms with Crippen LogP contribution >= 0.6 is 0 Å². The van der Waals surface area contributed by atoms with Gasteiger partial charge in [-0.2, -0.15) is 0 Å². The normalized spacial score (nSPS) is 15.2. The lowest BCUT2D eigenvalue weighted by Crippen LogP contribution is -2.36. The third kappa shape index (κ3) is 4.82. The first-order chi connectivity index (χ1) is 14.6. The van der Waals surface area contributed by atoms with E-state index in [1.54, 1.807) is 12.3 Å². The zero-order chi connectivity index (χ0) is 20.9. The molecule has 0 radical (unpaired) electrons. The van der Waals surface area contributed by atoms with E-state index < -0.39 is 11.6 Å². The van der Waals surface area contributed by atoms with Crippen molar-refractivity contribution in [3.63, 3.8) is 0 Å². The van der Waals surface area contributed by atoms with E-state index in [9.17, 15) is 8.78 Å². The second-order valence-electron chi connectivity index (χ2n) is 7.61. The summed E-state index contributed by atoms with van der Waals surface area (Å²) in [5, 5.41) is 0. The fourth-order valence-electron chi connectivity index (χ4n) is 3.94. The van der Waals surface area contributed by atoms with Gasteiger partial charge in [0.2, 0.25) is 0 Å². The Kier molecular flexibility index (Phi) is 6.33. The molecule has 156 valence electrons. The van der Waals surface area contributed by atoms with Crippen molar-refractivity contribution in [3.8, 4) is 0 Å². The van der Waals surface area contributed by atoms with Crippen LogP contribution in [0, 0.1) is 18.6 Å². The van der Waals surface area contributed by atoms with Gasteiger partial charge >= 0.3 is 0 Å². The minimum Gasteiger partial charge on any atom is -0.378 e. The summed E-state index contributed by atoms with van der Waals surface area (Å²) in [6.07, 6.45) is 5.05. The summed E-state index contributed by atoms with van der Waals surface area (Å²) in [7, 11) is 0. The van der Waals surface area contributed by atoms with E-state index in [0.29, 0.717) is 25.2 Å². The SMILES string of the molecule is Cc1cc(CCC(c2ccc(N3CCOCC3)nc2)c2ccc(F)cc2F)ccn1. The smallest absolute Gasteiger partial charge is 0.129 e. The van der Waals surface area contributed by atoms with Gasteiger partial charge < -0.3 is 9.64 Å². The minimum atomic E-state index is -0.569. The molecule has 6 heteroatoms. The number of rotatable bonds is 6. The summed E-state index contributed by atoms with van der Waals surface area (Å²) in [5.74, 6) is -0.417. The molecule has 4 nitrogen and oxygen atoms in total. The van der Waals surface area contributed by atoms with Crippen LogP contribution in [0.2, 0.25) is 0 Å². The van der Waals surface area contributed by atoms with E-state index in [1.807, 2.05) is 37.4 Å². The number of morpholine rings is 1. The number of ether oxygens (including phenoxy) is 1. The Morgan fingerprint density at radius 2 is 1.87 bits per heavy atom. The summed E-state index contributed by atoms with van der Waals surface area (Å²) in [6.45, 7) is 4.96. The van der Waals surface area contributed by atoms with Gasteiger partial charge in [-0.05, 0) is 60.7 Å². The number of aryl methyl sites for hydroxylation is 2. The first-order valence-electron chi connectivity index (χ1n) is 10.3. The molecule has 1 aliphatic rings. The fraction of sp³-hybridized carbons (Fsp3) is 0.333. The van der Waals surface area contributed by atoms with Crippen LogP contribution in [0.1, 0.15) is 34.7 Å². The highest BCUT2D eigenvalue weighted by atomic mass is 19.1. The van der Waals surface area contributed by atoms with Gasteiger partial charge in [-0.3, -0.25) is 4.98 Å². The molecule has 3 heterocycles. The highest BCUT2D eigenvalue weighted by Gasteiger charge is 2.20. The lowest BCUT2D eigenvalue weighted by Gasteiger charge is -2.28. The molecule has 0 N–H and O–H groups in total. The van der Waals surface area contributed by atoms with Crippen LogP contribution in [0.15, 0.2) is 54.9 Å². The highest BCUT2D eigenvalue weighted by Crippen LogP contribution is 2.32. The van der Waals surface area contributed by atoms with Crippen molar-refractivity contribution >= 4 is 5.82 Å². The Bertz CT molecular complexity index is 988. The van der Waals surface area contributed by atoms with Crippen molar-refractivity contribution in [3.05, 3.63) is 88.9 Å². The van der Waals surface area contributed by atoms with Gasteiger partial charge in [0.1, 0.15) is 17.5 Å². The molecule has 1 atom stereocenters. The quantitative estimate of drug-likeness (QED) is 0.593. The second-order valence-corrected chi connectivity index (χ2v) is 7.61. The van der Waals surface area contributed by atoms with Crippen molar-refractivity contribution in [2.24, 2.45) is 0 Å². The maximum absolute atomic E-state index is 14.7. The average molecular weight is 409 g/mol. The van der Waals surface area contributed by atoms with Gasteiger partial charge in [-0.25, -0.2) is 13.8 Å². The molecule has 0 amide bonds. The maximum atomic E-state index is 14.7. The van der Waals surface area contributed by atoms with Gasteiger partial charge in [-0.15, -0.1) is 0 Å². The minimum absolute atomic E-state index is 0.217. The van der Waals surface area contributed by atoms with Gasteiger partial charge in [0.05, 0.1) is 13.2 Å². The van der Waals surface area contributed by atoms with Gasteiger partial charge in [0.15, 0.2) is 0 Å². The number of hydrogen-bond acceptors (Lipinski definition) is 4. The van der Waals surface area contributed by atoms with E-state index >= 15 is 0 Å². The number of benzene rings is 1. The Labute approximate surface area is 175 Å². The first kappa shape index (κ1) is 20.4. The van der Waals surface area contributed by atoms with Gasteiger partial charge in [-0.1, -0.05) is 12.1 Å². The largest absolute Gasteiger partial charge is 0.378 e. The molecule has 0 spiro atoms. The third-order valence-corrected chi connectivity index (χ3v) is 5.53. The number of halogens is 2. The molecule has 1 fully saturated rings. The Balaban J connectivity index is 1.60. The predicted octanol–water partition coefficient (Wildman–Crippen LogP) is 4.66. The lowest BCUT2D eigenvalue weighted by molar-refractivity contribution is 0.122. The highest BCUT2D eigenvalue weighted by molar-refractivity contribution is 5.42. The van der Waals surface area contributed by atoms with Crippen molar-refractivity contribution in [1.29, 1.82) is 0 Å². The molecule has 1 aliphatic heterocycles. The number of nitrogens with zero attached hydrogens (tertiary/aromatic N) is 3. The van der Waals surface area contributed by atoms with Crippen LogP contribution in [-0.2, 0) is 11.2 Å². The average Bonchev–Trinajstić information content (AvgIpc) is 2.76. The van der Waals surface area contributed by atoms with E-state index in [4.69, 9.17) is 4.74 Å². The van der Waals surface area contributed by atoms with E-state index in [1.165, 1.54) is 6.07 Å². The zero-order valence-electron chi connectivity index (χ0n) is 17.0. The molecular formula is C24H25F2N3O. The van der Waals surface area contributed by atoms with Crippen LogP contribution in [0.4, 0.5) is 14.6 Å². The Morgan fingerprint density at radius 3 is 2.57 bits per heavy atom. The van der Waals surface area contributed by atoms with Crippen LogP contribution in [0.25, 0.3) is 0 Å². The van der Waals surface area contributed by atoms with Crippen molar-refractivity contribution in [1.82, 2.24) is 9.97 Å². The summed E-state index contributed by atoms with van der Waals surface area (Å²) < 4.78 is 33.5. The standard InChI is InChI=1S/C24H25F2N3O/c1-17-14-18(8-9-27-17)2-5-21(22-6-4-20(25)15-23(22)26)19-3-7-24(28-16-19)29-10-12-30-13-11-29/h3-4,6-9,14-16,21H,2,5,10-13H2,1H3. The summed E-state index contributed by atoms with van der Waals surface area (Å²) >= 11 is 0. The molecule has 0 saturated carbocycles. The van der Waals surface area contributed by atoms with Crippen LogP contribution in [0.5, 0.6) is 0 Å². The second kappa shape index (κ2) is 9.30. The molecule has 3 aromatic rings. The molecule has 1 saturated heterocycles. The molecule has 30 heavy (non-hydrogen) atoms. The van der Waals surface area contributed by atoms with Gasteiger partial charge in [0.25, 0.3) is 0 Å². The van der Waals surface area contributed by atoms with Crippen LogP contribution in [0.3, 0.4) is 0 Å². The molecular weight excluding hydrogens is 384 g/mol. The van der Waals surface area contributed by atoms with Crippen molar-refractivity contribution < 1.29 is 13.5 Å². The van der Waals surface area contributed by atoms with Crippen molar-refractivity contribution in [2.75, 3.05) is 31.2 Å². The van der Waals surface area contributed by atoms with Gasteiger partial charge in [0, 0.05) is 43.2 Å². The number of pyridine rings is 2. The number of hydrogen-bond donors (Lipinski definition) is 0. The zero-order valence-corrected chi connectivity index (χ0v) is 17.0. The first-order valence-corrected chi connectivity index (χ1v) is 10.3. The van der Waals surface area contributed by atoms with Crippen LogP contribution < -0.4 is 4.90 Å². The Morgan fingerprint density at radius 1 is 1.03 bits per heavy atom. The van der Waals surface area contributed by atoms with Crippen molar-refractivity contribution in [2.45, 2.75) is 25.7 Å². The number of aromatic nitrogens is 2. The molecule has 1 unspecified atom stereocenters. The van der Waals surface area contributed by atoms with E-state index in [-0.39, 0.29) is 5.92 Å². The molecule has 4 rings (SSSR count). The summed E-state index contributed by atoms with van der Waals surface area (Å²) in [5.41, 5.74) is 3.51. The fourth-order valence-corrected chi connectivity index (χ4v) is 3.94. The predicted molar refractivity (Wildman–Crippen MR) is 113 cm³/mol. The maximum Gasteiger partial charge on any atom is 0.129 e. The molecule has 2 aromatic heterocycles. The summed E-state index contributed by atoms with van der Waals surface area (Å²) in [4.78, 5) is 11.0. The topological polar surface area (TPSA) is 38.2 Å². The summed E-state index contributed by atoms with van der Waals surface area (Å²) in [6, 6.07) is 11.8. The lowest BCUT2D eigenvalue weighted by atomic mass is 9.86. The number of anilines is 1. The monoisotopic (exact) mass is 409 g/mol. The third-order valence-electron chi connectivity index (χ3n) is 5.53.